The molecule has 0 bridgehead atoms. The third-order valence-corrected chi connectivity index (χ3v) is 6.65. The average molecular weight is 469 g/mol. The number of para-hydroxylation sites is 1. The summed E-state index contributed by atoms with van der Waals surface area (Å²) in [6.07, 6.45) is -2.75. The van der Waals surface area contributed by atoms with Gasteiger partial charge in [-0.15, -0.1) is 0 Å². The summed E-state index contributed by atoms with van der Waals surface area (Å²) in [7, 11) is 1.64. The molecule has 0 aromatic heterocycles. The van der Waals surface area contributed by atoms with E-state index >= 15 is 0 Å². The van der Waals surface area contributed by atoms with Gasteiger partial charge in [-0.05, 0) is 17.2 Å². The average Bonchev–Trinajstić information content (AvgIpc) is 3.32. The van der Waals surface area contributed by atoms with E-state index in [2.05, 4.69) is 4.89 Å². The summed E-state index contributed by atoms with van der Waals surface area (Å²) in [5, 5.41) is 8.77. The van der Waals surface area contributed by atoms with Gasteiger partial charge in [-0.1, -0.05) is 78.9 Å². The SMILES string of the molecule is COc1ccccc1C(SO[C@H]1COC[C@H]1OOC(=O)O)(c1ccccc1)c1ccccc1. The minimum atomic E-state index is -1.52. The Morgan fingerprint density at radius 2 is 1.48 bits per heavy atom. The molecule has 1 fully saturated rings. The molecule has 2 atom stereocenters. The Morgan fingerprint density at radius 3 is 2.09 bits per heavy atom. The van der Waals surface area contributed by atoms with Crippen molar-refractivity contribution in [2.45, 2.75) is 17.0 Å². The largest absolute Gasteiger partial charge is 0.537 e. The quantitative estimate of drug-likeness (QED) is 0.202. The highest BCUT2D eigenvalue weighted by Crippen LogP contribution is 2.52. The molecule has 33 heavy (non-hydrogen) atoms. The molecule has 1 aliphatic rings. The van der Waals surface area contributed by atoms with Gasteiger partial charge in [0.25, 0.3) is 0 Å². The van der Waals surface area contributed by atoms with E-state index in [1.807, 2.05) is 84.9 Å². The molecule has 3 aromatic rings. The number of methoxy groups -OCH3 is 1. The molecule has 172 valence electrons. The van der Waals surface area contributed by atoms with Crippen molar-refractivity contribution in [1.82, 2.24) is 0 Å². The maximum Gasteiger partial charge on any atom is 0.537 e. The molecule has 0 aliphatic carbocycles. The van der Waals surface area contributed by atoms with Crippen LogP contribution in [0.5, 0.6) is 5.75 Å². The summed E-state index contributed by atoms with van der Waals surface area (Å²) in [4.78, 5) is 20.1. The minimum absolute atomic E-state index is 0.164. The van der Waals surface area contributed by atoms with E-state index in [4.69, 9.17) is 23.7 Å². The molecule has 1 aliphatic heterocycles. The number of hydrogen-bond donors (Lipinski definition) is 1. The molecule has 0 saturated carbocycles. The first-order valence-electron chi connectivity index (χ1n) is 10.4. The van der Waals surface area contributed by atoms with Crippen molar-refractivity contribution in [3.05, 3.63) is 102 Å². The highest BCUT2D eigenvalue weighted by molar-refractivity contribution is 7.96. The lowest BCUT2D eigenvalue weighted by Gasteiger charge is -2.36. The van der Waals surface area contributed by atoms with Gasteiger partial charge in [0.05, 0.1) is 20.3 Å². The van der Waals surface area contributed by atoms with Gasteiger partial charge < -0.3 is 18.8 Å². The van der Waals surface area contributed by atoms with Crippen LogP contribution in [0.15, 0.2) is 84.9 Å². The van der Waals surface area contributed by atoms with E-state index < -0.39 is 23.1 Å². The van der Waals surface area contributed by atoms with Gasteiger partial charge in [-0.2, -0.15) is 4.89 Å². The number of ether oxygens (including phenoxy) is 2. The van der Waals surface area contributed by atoms with Crippen molar-refractivity contribution in [3.63, 3.8) is 0 Å². The van der Waals surface area contributed by atoms with Crippen molar-refractivity contribution in [3.8, 4) is 5.75 Å². The van der Waals surface area contributed by atoms with Crippen molar-refractivity contribution in [2.75, 3.05) is 20.3 Å². The zero-order valence-corrected chi connectivity index (χ0v) is 18.8. The normalized spacial score (nSPS) is 18.1. The second kappa shape index (κ2) is 10.7. The van der Waals surface area contributed by atoms with E-state index in [0.717, 1.165) is 16.7 Å². The van der Waals surface area contributed by atoms with Crippen LogP contribution in [0.1, 0.15) is 16.7 Å². The van der Waals surface area contributed by atoms with Gasteiger partial charge in [-0.3, -0.25) is 4.89 Å². The molecule has 7 nitrogen and oxygen atoms in total. The van der Waals surface area contributed by atoms with Crippen LogP contribution in [-0.2, 0) is 23.4 Å². The predicted molar refractivity (Wildman–Crippen MR) is 123 cm³/mol. The fraction of sp³-hybridized carbons (Fsp3) is 0.240. The lowest BCUT2D eigenvalue weighted by Crippen LogP contribution is -2.33. The zero-order chi connectivity index (χ0) is 23.1. The Balaban J connectivity index is 1.78. The number of carboxylic acid groups (broad SMARTS) is 1. The van der Waals surface area contributed by atoms with Crippen molar-refractivity contribution in [2.24, 2.45) is 0 Å². The molecule has 3 aromatic carbocycles. The zero-order valence-electron chi connectivity index (χ0n) is 18.0. The van der Waals surface area contributed by atoms with Gasteiger partial charge in [0.2, 0.25) is 0 Å². The Morgan fingerprint density at radius 1 is 0.909 bits per heavy atom. The lowest BCUT2D eigenvalue weighted by atomic mass is 9.83. The third-order valence-electron chi connectivity index (χ3n) is 5.37. The Labute approximate surface area is 196 Å². The first kappa shape index (κ1) is 23.1. The van der Waals surface area contributed by atoms with Crippen molar-refractivity contribution >= 4 is 18.2 Å². The maximum absolute atomic E-state index is 10.8. The Kier molecular flexibility index (Phi) is 7.51. The maximum atomic E-state index is 10.8. The van der Waals surface area contributed by atoms with Crippen molar-refractivity contribution < 1.29 is 33.3 Å². The smallest absolute Gasteiger partial charge is 0.496 e. The molecule has 0 amide bonds. The van der Waals surface area contributed by atoms with Crippen molar-refractivity contribution in [1.29, 1.82) is 0 Å². The lowest BCUT2D eigenvalue weighted by molar-refractivity contribution is -0.290. The van der Waals surface area contributed by atoms with E-state index in [1.165, 1.54) is 12.0 Å². The van der Waals surface area contributed by atoms with Crippen LogP contribution in [0, 0.1) is 0 Å². The molecule has 4 rings (SSSR count). The van der Waals surface area contributed by atoms with E-state index in [9.17, 15) is 4.79 Å². The molecular weight excluding hydrogens is 444 g/mol. The van der Waals surface area contributed by atoms with Gasteiger partial charge in [0, 0.05) is 17.6 Å². The van der Waals surface area contributed by atoms with Crippen LogP contribution >= 0.6 is 12.0 Å². The van der Waals surface area contributed by atoms with Gasteiger partial charge >= 0.3 is 6.16 Å². The predicted octanol–water partition coefficient (Wildman–Crippen LogP) is 5.05. The topological polar surface area (TPSA) is 83.5 Å². The Hall–Kier alpha value is -3.04. The molecule has 1 N–H and O–H groups in total. The van der Waals surface area contributed by atoms with Gasteiger partial charge in [0.15, 0.2) is 6.10 Å². The van der Waals surface area contributed by atoms with Crippen LogP contribution in [0.25, 0.3) is 0 Å². The fourth-order valence-electron chi connectivity index (χ4n) is 3.83. The summed E-state index contributed by atoms with van der Waals surface area (Å²) in [6, 6.07) is 27.8. The first-order valence-corrected chi connectivity index (χ1v) is 11.1. The van der Waals surface area contributed by atoms with Crippen LogP contribution < -0.4 is 4.74 Å². The van der Waals surface area contributed by atoms with Crippen LogP contribution in [0.4, 0.5) is 4.79 Å². The van der Waals surface area contributed by atoms with Crippen LogP contribution in [-0.4, -0.2) is 43.8 Å². The summed E-state index contributed by atoms with van der Waals surface area (Å²) >= 11 is 1.25. The third kappa shape index (κ3) is 4.99. The highest BCUT2D eigenvalue weighted by Gasteiger charge is 2.43. The number of rotatable bonds is 9. The highest BCUT2D eigenvalue weighted by atomic mass is 32.2. The summed E-state index contributed by atoms with van der Waals surface area (Å²) in [5.41, 5.74) is 2.89. The minimum Gasteiger partial charge on any atom is -0.496 e. The summed E-state index contributed by atoms with van der Waals surface area (Å²) < 4.78 is 16.7. The first-order chi connectivity index (χ1) is 16.1. The second-order valence-electron chi connectivity index (χ2n) is 7.35. The monoisotopic (exact) mass is 468 g/mol. The molecule has 0 spiro atoms. The number of hydrogen-bond acceptors (Lipinski definition) is 7. The molecule has 1 heterocycles. The molecule has 8 heteroatoms. The van der Waals surface area contributed by atoms with Gasteiger partial charge in [0.1, 0.15) is 16.6 Å². The van der Waals surface area contributed by atoms with Gasteiger partial charge in [-0.25, -0.2) is 4.79 Å². The van der Waals surface area contributed by atoms with E-state index in [0.29, 0.717) is 5.75 Å². The standard InChI is InChI=1S/C25H24O7S/c1-28-21-15-9-8-14-20(21)25(18-10-4-2-5-11-18,19-12-6-3-7-13-19)33-32-23-17-29-16-22(23)30-31-24(26)27/h2-15,22-23H,16-17H2,1H3,(H,26,27)/t22-,23+/m1/s1. The van der Waals surface area contributed by atoms with E-state index in [1.54, 1.807) is 7.11 Å². The summed E-state index contributed by atoms with van der Waals surface area (Å²) in [6.45, 7) is 0.406. The number of carbonyl (C=O) groups is 1. The summed E-state index contributed by atoms with van der Waals surface area (Å²) in [5.74, 6) is 0.714. The second-order valence-corrected chi connectivity index (χ2v) is 8.32. The molecule has 1 saturated heterocycles. The Bertz CT molecular complexity index is 1010. The molecular formula is C25H24O7S. The van der Waals surface area contributed by atoms with Crippen LogP contribution in [0.3, 0.4) is 0 Å². The van der Waals surface area contributed by atoms with E-state index in [-0.39, 0.29) is 13.2 Å². The fourth-order valence-corrected chi connectivity index (χ4v) is 5.00. The van der Waals surface area contributed by atoms with Crippen LogP contribution in [0.2, 0.25) is 0 Å². The molecule has 0 radical (unpaired) electrons. The molecule has 0 unspecified atom stereocenters. The number of benzene rings is 3.